The zero-order valence-corrected chi connectivity index (χ0v) is 5.49. The second-order valence-electron chi connectivity index (χ2n) is 1.72. The normalized spacial score (nSPS) is 22.2. The number of hydrogen-bond acceptors (Lipinski definition) is 4. The maximum atomic E-state index is 5.17. The van der Waals surface area contributed by atoms with E-state index in [-0.39, 0.29) is 0 Å². The molecule has 4 heteroatoms. The van der Waals surface area contributed by atoms with Crippen LogP contribution in [0.3, 0.4) is 0 Å². The number of allylic oxidation sites excluding steroid dienone is 1. The molecule has 2 heterocycles. The van der Waals surface area contributed by atoms with Gasteiger partial charge >= 0.3 is 0 Å². The Balaban J connectivity index is 2.28. The minimum atomic E-state index is 0.601. The van der Waals surface area contributed by atoms with Gasteiger partial charge in [-0.1, -0.05) is 0 Å². The Labute approximate surface area is 57.3 Å². The predicted molar refractivity (Wildman–Crippen MR) is 36.0 cm³/mol. The monoisotopic (exact) mass is 142 g/mol. The van der Waals surface area contributed by atoms with Gasteiger partial charge in [0.25, 0.3) is 0 Å². The average Bonchev–Trinajstić information content (AvgIpc) is 2.33. The van der Waals surface area contributed by atoms with Gasteiger partial charge in [-0.15, -0.1) is 0 Å². The first-order chi connectivity index (χ1) is 4.47. The van der Waals surface area contributed by atoms with Gasteiger partial charge in [0.1, 0.15) is 0 Å². The maximum Gasteiger partial charge on any atom is 0.199 e. The molecule has 2 rings (SSSR count). The maximum absolute atomic E-state index is 5.17. The molecule has 48 valence electrons. The van der Waals surface area contributed by atoms with Crippen molar-refractivity contribution in [3.05, 3.63) is 23.1 Å². The van der Waals surface area contributed by atoms with Gasteiger partial charge in [0, 0.05) is 18.1 Å². The van der Waals surface area contributed by atoms with Crippen molar-refractivity contribution in [2.45, 2.75) is 0 Å². The SMILES string of the molecule is C1=CC2=C(OCN2)SN1. The third kappa shape index (κ3) is 0.751. The highest BCUT2D eigenvalue weighted by Crippen LogP contribution is 2.24. The number of hydrogen-bond donors (Lipinski definition) is 2. The molecular formula is C5H6N2OS. The Morgan fingerprint density at radius 2 is 2.67 bits per heavy atom. The van der Waals surface area contributed by atoms with Gasteiger partial charge in [-0.05, 0) is 6.08 Å². The van der Waals surface area contributed by atoms with E-state index in [1.807, 2.05) is 12.3 Å². The molecule has 0 aromatic rings. The molecule has 0 aromatic heterocycles. The number of rotatable bonds is 0. The second-order valence-corrected chi connectivity index (χ2v) is 2.53. The summed E-state index contributed by atoms with van der Waals surface area (Å²) in [6.07, 6.45) is 3.84. The average molecular weight is 142 g/mol. The van der Waals surface area contributed by atoms with Gasteiger partial charge in [-0.25, -0.2) is 0 Å². The van der Waals surface area contributed by atoms with E-state index >= 15 is 0 Å². The Kier molecular flexibility index (Phi) is 1.05. The van der Waals surface area contributed by atoms with Crippen LogP contribution in [-0.4, -0.2) is 6.73 Å². The van der Waals surface area contributed by atoms with E-state index in [2.05, 4.69) is 10.0 Å². The first-order valence-electron chi connectivity index (χ1n) is 2.67. The molecule has 0 amide bonds. The molecule has 2 aliphatic heterocycles. The van der Waals surface area contributed by atoms with Gasteiger partial charge in [0.15, 0.2) is 11.8 Å². The largest absolute Gasteiger partial charge is 0.463 e. The van der Waals surface area contributed by atoms with E-state index in [0.29, 0.717) is 6.73 Å². The van der Waals surface area contributed by atoms with E-state index < -0.39 is 0 Å². The highest BCUT2D eigenvalue weighted by Gasteiger charge is 2.15. The van der Waals surface area contributed by atoms with E-state index in [9.17, 15) is 0 Å². The second kappa shape index (κ2) is 1.88. The molecule has 0 aliphatic carbocycles. The summed E-state index contributed by atoms with van der Waals surface area (Å²) in [5.41, 5.74) is 1.08. The quantitative estimate of drug-likeness (QED) is 0.482. The van der Waals surface area contributed by atoms with Crippen LogP contribution in [0.25, 0.3) is 0 Å². The van der Waals surface area contributed by atoms with Gasteiger partial charge in [0.05, 0.1) is 5.70 Å². The summed E-state index contributed by atoms with van der Waals surface area (Å²) < 4.78 is 8.14. The lowest BCUT2D eigenvalue weighted by Gasteiger charge is -2.04. The van der Waals surface area contributed by atoms with Gasteiger partial charge in [-0.2, -0.15) is 0 Å². The summed E-state index contributed by atoms with van der Waals surface area (Å²) in [5, 5.41) is 4.01. The van der Waals surface area contributed by atoms with Crippen molar-refractivity contribution in [1.29, 1.82) is 0 Å². The smallest absolute Gasteiger partial charge is 0.199 e. The fraction of sp³-hybridized carbons (Fsp3) is 0.200. The fourth-order valence-corrected chi connectivity index (χ4v) is 1.36. The minimum absolute atomic E-state index is 0.601. The first kappa shape index (κ1) is 5.05. The van der Waals surface area contributed by atoms with Crippen molar-refractivity contribution in [3.63, 3.8) is 0 Å². The molecule has 2 N–H and O–H groups in total. The van der Waals surface area contributed by atoms with E-state index in [1.165, 1.54) is 11.9 Å². The van der Waals surface area contributed by atoms with Crippen molar-refractivity contribution in [3.8, 4) is 0 Å². The molecule has 0 bridgehead atoms. The van der Waals surface area contributed by atoms with Crippen LogP contribution in [0.1, 0.15) is 0 Å². The van der Waals surface area contributed by atoms with E-state index in [0.717, 1.165) is 10.8 Å². The molecule has 0 radical (unpaired) electrons. The number of ether oxygens (including phenoxy) is 1. The minimum Gasteiger partial charge on any atom is -0.463 e. The van der Waals surface area contributed by atoms with Crippen LogP contribution in [0.2, 0.25) is 0 Å². The number of nitrogens with one attached hydrogen (secondary N) is 2. The lowest BCUT2D eigenvalue weighted by molar-refractivity contribution is 0.257. The summed E-state index contributed by atoms with van der Waals surface area (Å²) in [6, 6.07) is 0. The molecule has 0 atom stereocenters. The Morgan fingerprint density at radius 3 is 3.56 bits per heavy atom. The zero-order valence-electron chi connectivity index (χ0n) is 4.68. The summed E-state index contributed by atoms with van der Waals surface area (Å²) in [5.74, 6) is 0. The van der Waals surface area contributed by atoms with E-state index in [4.69, 9.17) is 4.74 Å². The van der Waals surface area contributed by atoms with Crippen molar-refractivity contribution in [1.82, 2.24) is 10.0 Å². The Morgan fingerprint density at radius 1 is 1.67 bits per heavy atom. The van der Waals surface area contributed by atoms with Crippen molar-refractivity contribution in [2.75, 3.05) is 6.73 Å². The molecule has 0 spiro atoms. The highest BCUT2D eigenvalue weighted by molar-refractivity contribution is 8.01. The van der Waals surface area contributed by atoms with E-state index in [1.54, 1.807) is 0 Å². The first-order valence-corrected chi connectivity index (χ1v) is 3.48. The third-order valence-electron chi connectivity index (χ3n) is 1.16. The zero-order chi connectivity index (χ0) is 6.10. The molecule has 0 saturated carbocycles. The summed E-state index contributed by atoms with van der Waals surface area (Å²) in [4.78, 5) is 0. The van der Waals surface area contributed by atoms with Crippen LogP contribution in [0.4, 0.5) is 0 Å². The molecular weight excluding hydrogens is 136 g/mol. The van der Waals surface area contributed by atoms with Gasteiger partial charge < -0.3 is 14.8 Å². The molecule has 0 fully saturated rings. The fourth-order valence-electron chi connectivity index (χ4n) is 0.746. The Bertz CT molecular complexity index is 187. The highest BCUT2D eigenvalue weighted by atomic mass is 32.2. The van der Waals surface area contributed by atoms with Crippen LogP contribution in [0.15, 0.2) is 23.1 Å². The predicted octanol–water partition coefficient (Wildman–Crippen LogP) is 0.498. The molecule has 0 unspecified atom stereocenters. The van der Waals surface area contributed by atoms with Crippen molar-refractivity contribution >= 4 is 11.9 Å². The summed E-state index contributed by atoms with van der Waals surface area (Å²) in [7, 11) is 0. The molecule has 9 heavy (non-hydrogen) atoms. The summed E-state index contributed by atoms with van der Waals surface area (Å²) in [6.45, 7) is 0.601. The van der Waals surface area contributed by atoms with Crippen LogP contribution in [-0.2, 0) is 4.74 Å². The lowest BCUT2D eigenvalue weighted by Crippen LogP contribution is -2.07. The Hall–Kier alpha value is -0.770. The molecule has 0 aromatic carbocycles. The van der Waals surface area contributed by atoms with Gasteiger partial charge in [0.2, 0.25) is 0 Å². The van der Waals surface area contributed by atoms with Crippen LogP contribution in [0.5, 0.6) is 0 Å². The third-order valence-corrected chi connectivity index (χ3v) is 1.93. The van der Waals surface area contributed by atoms with Crippen molar-refractivity contribution in [2.24, 2.45) is 0 Å². The lowest BCUT2D eigenvalue weighted by atomic mass is 10.5. The molecule has 2 aliphatic rings. The van der Waals surface area contributed by atoms with Crippen LogP contribution >= 0.6 is 11.9 Å². The van der Waals surface area contributed by atoms with Crippen LogP contribution < -0.4 is 10.0 Å². The van der Waals surface area contributed by atoms with Crippen LogP contribution in [0, 0.1) is 0 Å². The van der Waals surface area contributed by atoms with Crippen molar-refractivity contribution < 1.29 is 4.74 Å². The topological polar surface area (TPSA) is 33.3 Å². The standard InChI is InChI=1S/C5H6N2OS/c1-2-7-9-5-4(1)6-3-8-5/h1-2,6-7H,3H2. The van der Waals surface area contributed by atoms with Gasteiger partial charge in [-0.3, -0.25) is 0 Å². The summed E-state index contributed by atoms with van der Waals surface area (Å²) >= 11 is 1.49. The molecule has 0 saturated heterocycles. The molecule has 3 nitrogen and oxygen atoms in total.